The van der Waals surface area contributed by atoms with Crippen LogP contribution in [0.15, 0.2) is 64.3 Å². The van der Waals surface area contributed by atoms with Gasteiger partial charge in [-0.2, -0.15) is 0 Å². The zero-order chi connectivity index (χ0) is 21.8. The molecule has 0 aliphatic rings. The molecule has 160 valence electrons. The second kappa shape index (κ2) is 9.45. The van der Waals surface area contributed by atoms with Crippen LogP contribution in [0.1, 0.15) is 17.4 Å². The Morgan fingerprint density at radius 2 is 1.97 bits per heavy atom. The molecule has 8 heteroatoms. The number of methoxy groups -OCH3 is 1. The number of ether oxygens (including phenoxy) is 1. The molecule has 0 bridgehead atoms. The first-order valence-corrected chi connectivity index (χ1v) is 11.7. The number of carbonyl (C=O) groups is 1. The average Bonchev–Trinajstić information content (AvgIpc) is 3.46. The van der Waals surface area contributed by atoms with E-state index in [0.717, 1.165) is 17.7 Å². The van der Waals surface area contributed by atoms with Gasteiger partial charge in [0.25, 0.3) is 5.56 Å². The van der Waals surface area contributed by atoms with E-state index in [1.165, 1.54) is 27.1 Å². The first kappa shape index (κ1) is 21.3. The SMILES string of the molecule is COc1ccc(CN(C(=O)Cn2cnc3sccc3c2=O)C(C)Cc2cccs2)cc1. The first-order chi connectivity index (χ1) is 15.0. The van der Waals surface area contributed by atoms with Crippen molar-refractivity contribution >= 4 is 38.8 Å². The summed E-state index contributed by atoms with van der Waals surface area (Å²) in [5.74, 6) is 0.660. The molecular formula is C23H23N3O3S2. The van der Waals surface area contributed by atoms with Gasteiger partial charge < -0.3 is 9.64 Å². The van der Waals surface area contributed by atoms with Crippen molar-refractivity contribution < 1.29 is 9.53 Å². The standard InChI is InChI=1S/C23H23N3O3S2/c1-16(12-19-4-3-10-30-19)26(13-17-5-7-18(29-2)8-6-17)21(27)14-25-15-24-22-20(23(25)28)9-11-31-22/h3-11,15-16H,12-14H2,1-2H3. The number of fused-ring (bicyclic) bond motifs is 1. The van der Waals surface area contributed by atoms with Gasteiger partial charge in [0, 0.05) is 23.9 Å². The molecule has 0 spiro atoms. The maximum atomic E-state index is 13.4. The van der Waals surface area contributed by atoms with Crippen molar-refractivity contribution in [2.45, 2.75) is 32.5 Å². The predicted molar refractivity (Wildman–Crippen MR) is 125 cm³/mol. The summed E-state index contributed by atoms with van der Waals surface area (Å²) in [5.41, 5.74) is 0.820. The second-order valence-corrected chi connectivity index (χ2v) is 9.25. The molecule has 0 fully saturated rings. The fourth-order valence-corrected chi connectivity index (χ4v) is 5.04. The van der Waals surface area contributed by atoms with Gasteiger partial charge in [0.2, 0.25) is 5.91 Å². The largest absolute Gasteiger partial charge is 0.497 e. The number of rotatable bonds is 8. The van der Waals surface area contributed by atoms with E-state index in [9.17, 15) is 9.59 Å². The lowest BCUT2D eigenvalue weighted by Crippen LogP contribution is -2.42. The van der Waals surface area contributed by atoms with Gasteiger partial charge in [0.05, 0.1) is 18.8 Å². The van der Waals surface area contributed by atoms with E-state index in [-0.39, 0.29) is 24.1 Å². The fourth-order valence-electron chi connectivity index (χ4n) is 3.49. The third kappa shape index (κ3) is 4.86. The molecule has 0 aliphatic heterocycles. The van der Waals surface area contributed by atoms with E-state index >= 15 is 0 Å². The number of carbonyl (C=O) groups excluding carboxylic acids is 1. The smallest absolute Gasteiger partial charge is 0.262 e. The number of hydrogen-bond donors (Lipinski definition) is 0. The lowest BCUT2D eigenvalue weighted by atomic mass is 10.1. The van der Waals surface area contributed by atoms with Crippen LogP contribution in [0.4, 0.5) is 0 Å². The van der Waals surface area contributed by atoms with Gasteiger partial charge in [0.15, 0.2) is 0 Å². The summed E-state index contributed by atoms with van der Waals surface area (Å²) in [4.78, 5) is 34.2. The molecule has 0 N–H and O–H groups in total. The maximum absolute atomic E-state index is 13.4. The van der Waals surface area contributed by atoms with Crippen molar-refractivity contribution in [2.75, 3.05) is 7.11 Å². The van der Waals surface area contributed by atoms with Gasteiger partial charge in [0.1, 0.15) is 17.1 Å². The monoisotopic (exact) mass is 453 g/mol. The van der Waals surface area contributed by atoms with Crippen molar-refractivity contribution in [1.29, 1.82) is 0 Å². The Kier molecular flexibility index (Phi) is 6.48. The third-order valence-corrected chi connectivity index (χ3v) is 6.92. The lowest BCUT2D eigenvalue weighted by molar-refractivity contribution is -0.134. The topological polar surface area (TPSA) is 64.4 Å². The van der Waals surface area contributed by atoms with Crippen LogP contribution in [0.2, 0.25) is 0 Å². The molecule has 4 rings (SSSR count). The van der Waals surface area contributed by atoms with Gasteiger partial charge in [-0.25, -0.2) is 4.98 Å². The fraction of sp³-hybridized carbons (Fsp3) is 0.261. The quantitative estimate of drug-likeness (QED) is 0.401. The van der Waals surface area contributed by atoms with E-state index in [1.807, 2.05) is 52.9 Å². The van der Waals surface area contributed by atoms with Gasteiger partial charge in [-0.05, 0) is 47.5 Å². The number of benzene rings is 1. The van der Waals surface area contributed by atoms with Crippen LogP contribution < -0.4 is 10.3 Å². The molecule has 1 amide bonds. The van der Waals surface area contributed by atoms with E-state index < -0.39 is 0 Å². The molecule has 0 aliphatic carbocycles. The second-order valence-electron chi connectivity index (χ2n) is 7.32. The van der Waals surface area contributed by atoms with Crippen LogP contribution in [-0.4, -0.2) is 33.5 Å². The van der Waals surface area contributed by atoms with Crippen molar-refractivity contribution in [3.05, 3.63) is 80.3 Å². The number of nitrogens with zero attached hydrogens (tertiary/aromatic N) is 3. The summed E-state index contributed by atoms with van der Waals surface area (Å²) in [6.07, 6.45) is 2.23. The third-order valence-electron chi connectivity index (χ3n) is 5.20. The van der Waals surface area contributed by atoms with Crippen molar-refractivity contribution in [1.82, 2.24) is 14.5 Å². The summed E-state index contributed by atoms with van der Waals surface area (Å²) in [6, 6.07) is 13.5. The Morgan fingerprint density at radius 3 is 2.68 bits per heavy atom. The zero-order valence-electron chi connectivity index (χ0n) is 17.4. The minimum absolute atomic E-state index is 0.0261. The van der Waals surface area contributed by atoms with Crippen LogP contribution in [0.5, 0.6) is 5.75 Å². The number of aromatic nitrogens is 2. The van der Waals surface area contributed by atoms with Gasteiger partial charge in [-0.3, -0.25) is 14.2 Å². The molecule has 1 atom stereocenters. The molecule has 3 aromatic heterocycles. The molecular weight excluding hydrogens is 430 g/mol. The summed E-state index contributed by atoms with van der Waals surface area (Å²) >= 11 is 3.10. The van der Waals surface area contributed by atoms with Crippen molar-refractivity contribution in [3.8, 4) is 5.75 Å². The predicted octanol–water partition coefficient (Wildman–Crippen LogP) is 4.19. The molecule has 0 saturated carbocycles. The molecule has 6 nitrogen and oxygen atoms in total. The molecule has 1 aromatic carbocycles. The average molecular weight is 454 g/mol. The van der Waals surface area contributed by atoms with Gasteiger partial charge >= 0.3 is 0 Å². The summed E-state index contributed by atoms with van der Waals surface area (Å²) in [7, 11) is 1.63. The number of hydrogen-bond acceptors (Lipinski definition) is 6. The summed E-state index contributed by atoms with van der Waals surface area (Å²) < 4.78 is 6.64. The number of amides is 1. The van der Waals surface area contributed by atoms with Crippen LogP contribution in [0, 0.1) is 0 Å². The summed E-state index contributed by atoms with van der Waals surface area (Å²) in [6.45, 7) is 2.46. The van der Waals surface area contributed by atoms with E-state index in [1.54, 1.807) is 24.5 Å². The zero-order valence-corrected chi connectivity index (χ0v) is 19.0. The highest BCUT2D eigenvalue weighted by Crippen LogP contribution is 2.19. The van der Waals surface area contributed by atoms with Crippen LogP contribution in [0.25, 0.3) is 10.2 Å². The summed E-state index contributed by atoms with van der Waals surface area (Å²) in [5, 5.41) is 4.43. The highest BCUT2D eigenvalue weighted by Gasteiger charge is 2.22. The van der Waals surface area contributed by atoms with Gasteiger partial charge in [-0.15, -0.1) is 22.7 Å². The molecule has 3 heterocycles. The first-order valence-electron chi connectivity index (χ1n) is 9.92. The Morgan fingerprint density at radius 1 is 1.16 bits per heavy atom. The molecule has 31 heavy (non-hydrogen) atoms. The Hall–Kier alpha value is -2.97. The highest BCUT2D eigenvalue weighted by atomic mass is 32.1. The maximum Gasteiger partial charge on any atom is 0.262 e. The van der Waals surface area contributed by atoms with Gasteiger partial charge in [-0.1, -0.05) is 18.2 Å². The normalized spacial score (nSPS) is 12.1. The molecule has 0 saturated heterocycles. The van der Waals surface area contributed by atoms with Crippen LogP contribution in [0.3, 0.4) is 0 Å². The number of thiophene rings is 2. The minimum atomic E-state index is -0.185. The Labute approximate surface area is 188 Å². The molecule has 0 radical (unpaired) electrons. The molecule has 1 unspecified atom stereocenters. The molecule has 4 aromatic rings. The highest BCUT2D eigenvalue weighted by molar-refractivity contribution is 7.16. The van der Waals surface area contributed by atoms with Crippen molar-refractivity contribution in [2.24, 2.45) is 0 Å². The van der Waals surface area contributed by atoms with E-state index in [4.69, 9.17) is 4.74 Å². The van der Waals surface area contributed by atoms with Crippen LogP contribution >= 0.6 is 22.7 Å². The van der Waals surface area contributed by atoms with E-state index in [0.29, 0.717) is 16.8 Å². The lowest BCUT2D eigenvalue weighted by Gasteiger charge is -2.29. The minimum Gasteiger partial charge on any atom is -0.497 e. The Balaban J connectivity index is 1.58. The van der Waals surface area contributed by atoms with Crippen LogP contribution in [-0.2, 0) is 24.3 Å². The Bertz CT molecular complexity index is 1210. The van der Waals surface area contributed by atoms with E-state index in [2.05, 4.69) is 11.1 Å². The van der Waals surface area contributed by atoms with Crippen molar-refractivity contribution in [3.63, 3.8) is 0 Å².